The molecule has 0 aliphatic heterocycles. The van der Waals surface area contributed by atoms with E-state index in [9.17, 15) is 13.2 Å². The van der Waals surface area contributed by atoms with Crippen LogP contribution in [-0.2, 0) is 14.8 Å². The van der Waals surface area contributed by atoms with Crippen molar-refractivity contribution in [3.05, 3.63) is 54.1 Å². The molecule has 0 aromatic heterocycles. The van der Waals surface area contributed by atoms with Crippen molar-refractivity contribution in [3.63, 3.8) is 0 Å². The molecule has 1 amide bonds. The number of anilines is 2. The smallest absolute Gasteiger partial charge is 0.264 e. The number of rotatable bonds is 4. The van der Waals surface area contributed by atoms with Crippen LogP contribution in [-0.4, -0.2) is 21.4 Å². The molecule has 5 nitrogen and oxygen atoms in total. The summed E-state index contributed by atoms with van der Waals surface area (Å²) in [6.07, 6.45) is 0. The zero-order valence-corrected chi connectivity index (χ0v) is 13.5. The summed E-state index contributed by atoms with van der Waals surface area (Å²) in [5.41, 5.74) is 1.85. The second kappa shape index (κ2) is 6.19. The summed E-state index contributed by atoms with van der Waals surface area (Å²) in [7, 11) is -2.10. The molecule has 0 unspecified atom stereocenters. The minimum Gasteiger partial charge on any atom is -0.326 e. The molecule has 2 rings (SSSR count). The van der Waals surface area contributed by atoms with Gasteiger partial charge >= 0.3 is 0 Å². The third-order valence-corrected chi connectivity index (χ3v) is 5.23. The first-order valence-corrected chi connectivity index (χ1v) is 8.18. The fourth-order valence-corrected chi connectivity index (χ4v) is 3.51. The number of hydrogen-bond donors (Lipinski definition) is 1. The Morgan fingerprint density at radius 3 is 2.18 bits per heavy atom. The number of benzene rings is 2. The molecule has 0 spiro atoms. The van der Waals surface area contributed by atoms with Crippen molar-refractivity contribution in [1.82, 2.24) is 0 Å². The third-order valence-electron chi connectivity index (χ3n) is 3.28. The van der Waals surface area contributed by atoms with E-state index in [1.54, 1.807) is 55.5 Å². The van der Waals surface area contributed by atoms with Gasteiger partial charge in [0.2, 0.25) is 5.91 Å². The van der Waals surface area contributed by atoms with Crippen molar-refractivity contribution in [2.24, 2.45) is 0 Å². The molecule has 0 fully saturated rings. The monoisotopic (exact) mass is 318 g/mol. The number of aryl methyl sites for hydroxylation is 1. The lowest BCUT2D eigenvalue weighted by Crippen LogP contribution is -2.27. The van der Waals surface area contributed by atoms with Gasteiger partial charge in [0, 0.05) is 19.7 Å². The topological polar surface area (TPSA) is 66.5 Å². The molecule has 2 aromatic rings. The minimum atomic E-state index is -3.61. The maximum absolute atomic E-state index is 12.7. The van der Waals surface area contributed by atoms with Crippen molar-refractivity contribution in [3.8, 4) is 0 Å². The van der Waals surface area contributed by atoms with E-state index in [1.807, 2.05) is 0 Å². The van der Waals surface area contributed by atoms with Gasteiger partial charge in [0.05, 0.1) is 10.6 Å². The predicted octanol–water partition coefficient (Wildman–Crippen LogP) is 2.78. The fourth-order valence-electron chi connectivity index (χ4n) is 2.09. The Labute approximate surface area is 130 Å². The number of carbonyl (C=O) groups is 1. The Kier molecular flexibility index (Phi) is 4.51. The second-order valence-electron chi connectivity index (χ2n) is 4.97. The number of nitrogens with one attached hydrogen (secondary N) is 1. The van der Waals surface area contributed by atoms with Crippen molar-refractivity contribution in [1.29, 1.82) is 0 Å². The number of nitrogens with zero attached hydrogens (tertiary/aromatic N) is 1. The largest absolute Gasteiger partial charge is 0.326 e. The van der Waals surface area contributed by atoms with E-state index < -0.39 is 10.0 Å². The summed E-state index contributed by atoms with van der Waals surface area (Å²) >= 11 is 0. The average Bonchev–Trinajstić information content (AvgIpc) is 2.47. The summed E-state index contributed by atoms with van der Waals surface area (Å²) in [5.74, 6) is -0.173. The lowest BCUT2D eigenvalue weighted by atomic mass is 10.2. The van der Waals surface area contributed by atoms with Crippen molar-refractivity contribution >= 4 is 27.3 Å². The molecule has 116 valence electrons. The number of hydrogen-bond acceptors (Lipinski definition) is 3. The zero-order chi connectivity index (χ0) is 16.3. The Hall–Kier alpha value is -2.34. The van der Waals surface area contributed by atoms with Gasteiger partial charge in [-0.2, -0.15) is 0 Å². The minimum absolute atomic E-state index is 0.173. The van der Waals surface area contributed by atoms with Crippen LogP contribution < -0.4 is 9.62 Å². The van der Waals surface area contributed by atoms with Crippen LogP contribution in [0.1, 0.15) is 12.5 Å². The van der Waals surface area contributed by atoms with Crippen LogP contribution in [0.3, 0.4) is 0 Å². The van der Waals surface area contributed by atoms with E-state index in [0.717, 1.165) is 0 Å². The van der Waals surface area contributed by atoms with Crippen LogP contribution in [0, 0.1) is 6.92 Å². The van der Waals surface area contributed by atoms with Gasteiger partial charge in [-0.1, -0.05) is 18.2 Å². The third kappa shape index (κ3) is 3.28. The Morgan fingerprint density at radius 2 is 1.64 bits per heavy atom. The van der Waals surface area contributed by atoms with E-state index in [1.165, 1.54) is 18.3 Å². The van der Waals surface area contributed by atoms with Gasteiger partial charge in [-0.3, -0.25) is 9.10 Å². The molecule has 2 aromatic carbocycles. The molecule has 22 heavy (non-hydrogen) atoms. The zero-order valence-electron chi connectivity index (χ0n) is 12.7. The van der Waals surface area contributed by atoms with Gasteiger partial charge in [-0.25, -0.2) is 8.42 Å². The first-order chi connectivity index (χ1) is 10.3. The van der Waals surface area contributed by atoms with Crippen LogP contribution in [0.25, 0.3) is 0 Å². The molecule has 6 heteroatoms. The van der Waals surface area contributed by atoms with E-state index in [4.69, 9.17) is 0 Å². The highest BCUT2D eigenvalue weighted by atomic mass is 32.2. The van der Waals surface area contributed by atoms with Crippen molar-refractivity contribution in [2.45, 2.75) is 18.7 Å². The highest BCUT2D eigenvalue weighted by molar-refractivity contribution is 7.92. The highest BCUT2D eigenvalue weighted by Gasteiger charge is 2.22. The standard InChI is InChI=1S/C16H18N2O3S/c1-12-6-4-5-7-16(12)22(20,21)18(3)15-10-8-14(9-11-15)17-13(2)19/h4-11H,1-3H3,(H,17,19). The Balaban J connectivity index is 2.33. The van der Waals surface area contributed by atoms with Crippen LogP contribution in [0.15, 0.2) is 53.4 Å². The van der Waals surface area contributed by atoms with E-state index in [0.29, 0.717) is 16.9 Å². The Bertz CT molecular complexity index is 783. The summed E-state index contributed by atoms with van der Waals surface area (Å²) in [6, 6.07) is 13.5. The van der Waals surface area contributed by atoms with Crippen LogP contribution in [0.2, 0.25) is 0 Å². The molecule has 0 heterocycles. The summed E-state index contributed by atoms with van der Waals surface area (Å²) < 4.78 is 26.6. The molecule has 0 saturated carbocycles. The molecular weight excluding hydrogens is 300 g/mol. The Morgan fingerprint density at radius 1 is 1.05 bits per heavy atom. The lowest BCUT2D eigenvalue weighted by molar-refractivity contribution is -0.114. The van der Waals surface area contributed by atoms with Crippen LogP contribution in [0.5, 0.6) is 0 Å². The summed E-state index contributed by atoms with van der Waals surface area (Å²) in [4.78, 5) is 11.3. The molecule has 0 aliphatic rings. The SMILES string of the molecule is CC(=O)Nc1ccc(N(C)S(=O)(=O)c2ccccc2C)cc1. The van der Waals surface area contributed by atoms with Crippen LogP contribution in [0.4, 0.5) is 11.4 Å². The van der Waals surface area contributed by atoms with Crippen molar-refractivity contribution in [2.75, 3.05) is 16.7 Å². The molecule has 0 atom stereocenters. The maximum Gasteiger partial charge on any atom is 0.264 e. The molecular formula is C16H18N2O3S. The van der Waals surface area contributed by atoms with Gasteiger partial charge in [-0.05, 0) is 42.8 Å². The lowest BCUT2D eigenvalue weighted by Gasteiger charge is -2.21. The average molecular weight is 318 g/mol. The van der Waals surface area contributed by atoms with Crippen LogP contribution >= 0.6 is 0 Å². The summed E-state index contributed by atoms with van der Waals surface area (Å²) in [5, 5.41) is 2.64. The van der Waals surface area contributed by atoms with Crippen molar-refractivity contribution < 1.29 is 13.2 Å². The number of sulfonamides is 1. The first-order valence-electron chi connectivity index (χ1n) is 6.74. The number of carbonyl (C=O) groups excluding carboxylic acids is 1. The predicted molar refractivity (Wildman–Crippen MR) is 87.5 cm³/mol. The van der Waals surface area contributed by atoms with Gasteiger partial charge in [0.1, 0.15) is 0 Å². The van der Waals surface area contributed by atoms with E-state index >= 15 is 0 Å². The fraction of sp³-hybridized carbons (Fsp3) is 0.188. The number of amides is 1. The van der Waals surface area contributed by atoms with Gasteiger partial charge in [0.15, 0.2) is 0 Å². The molecule has 0 saturated heterocycles. The normalized spacial score (nSPS) is 11.0. The molecule has 1 N–H and O–H groups in total. The second-order valence-corrected chi connectivity index (χ2v) is 6.90. The quantitative estimate of drug-likeness (QED) is 0.942. The highest BCUT2D eigenvalue weighted by Crippen LogP contribution is 2.25. The molecule has 0 aliphatic carbocycles. The molecule has 0 bridgehead atoms. The molecule has 0 radical (unpaired) electrons. The van der Waals surface area contributed by atoms with Gasteiger partial charge in [0.25, 0.3) is 10.0 Å². The van der Waals surface area contributed by atoms with E-state index in [-0.39, 0.29) is 10.8 Å². The van der Waals surface area contributed by atoms with Gasteiger partial charge in [-0.15, -0.1) is 0 Å². The van der Waals surface area contributed by atoms with E-state index in [2.05, 4.69) is 5.32 Å². The first kappa shape index (κ1) is 16.0. The summed E-state index contributed by atoms with van der Waals surface area (Å²) in [6.45, 7) is 3.18. The maximum atomic E-state index is 12.7. The van der Waals surface area contributed by atoms with Gasteiger partial charge < -0.3 is 5.32 Å².